The molecule has 106 valence electrons. The Hall–Kier alpha value is -1.55. The summed E-state index contributed by atoms with van der Waals surface area (Å²) >= 11 is 5.99. The van der Waals surface area contributed by atoms with E-state index >= 15 is 0 Å². The minimum Gasteiger partial charge on any atom is -0.305 e. The van der Waals surface area contributed by atoms with Gasteiger partial charge in [-0.25, -0.2) is 4.79 Å². The number of benzene rings is 1. The van der Waals surface area contributed by atoms with Crippen LogP contribution in [0.15, 0.2) is 24.3 Å². The number of hydrogen-bond donors (Lipinski definition) is 1. The maximum atomic E-state index is 12.2. The molecule has 1 aromatic carbocycles. The lowest BCUT2D eigenvalue weighted by atomic mass is 9.80. The third kappa shape index (κ3) is 2.18. The topological polar surface area (TPSA) is 49.4 Å². The monoisotopic (exact) mass is 292 g/mol. The number of halogens is 1. The quantitative estimate of drug-likeness (QED) is 0.852. The molecule has 0 bridgehead atoms. The van der Waals surface area contributed by atoms with E-state index in [2.05, 4.69) is 5.32 Å². The van der Waals surface area contributed by atoms with Crippen molar-refractivity contribution in [3.8, 4) is 0 Å². The van der Waals surface area contributed by atoms with Gasteiger partial charge in [-0.15, -0.1) is 0 Å². The predicted molar refractivity (Wildman–Crippen MR) is 76.3 cm³/mol. The van der Waals surface area contributed by atoms with Gasteiger partial charge in [-0.1, -0.05) is 43.0 Å². The highest BCUT2D eigenvalue weighted by atomic mass is 35.5. The molecule has 3 rings (SSSR count). The Balaban J connectivity index is 1.89. The summed E-state index contributed by atoms with van der Waals surface area (Å²) in [6.45, 7) is 0.429. The van der Waals surface area contributed by atoms with Gasteiger partial charge in [0, 0.05) is 11.6 Å². The normalized spacial score (nSPS) is 21.4. The number of urea groups is 1. The second kappa shape index (κ2) is 5.09. The van der Waals surface area contributed by atoms with Crippen molar-refractivity contribution in [1.82, 2.24) is 10.2 Å². The molecule has 1 aromatic rings. The van der Waals surface area contributed by atoms with Crippen LogP contribution in [0, 0.1) is 0 Å². The number of rotatable bonds is 2. The summed E-state index contributed by atoms with van der Waals surface area (Å²) in [6.07, 6.45) is 4.63. The molecule has 1 aliphatic carbocycles. The fraction of sp³-hybridized carbons (Fsp3) is 0.467. The molecular formula is C15H17ClN2O2. The first-order valence-corrected chi connectivity index (χ1v) is 7.37. The fourth-order valence-corrected chi connectivity index (χ4v) is 3.49. The average Bonchev–Trinajstić information content (AvgIpc) is 2.65. The van der Waals surface area contributed by atoms with Crippen molar-refractivity contribution >= 4 is 23.5 Å². The zero-order chi connectivity index (χ0) is 14.2. The van der Waals surface area contributed by atoms with E-state index < -0.39 is 5.54 Å². The lowest BCUT2D eigenvalue weighted by molar-refractivity contribution is -0.128. The first-order chi connectivity index (χ1) is 9.62. The molecular weight excluding hydrogens is 276 g/mol. The zero-order valence-electron chi connectivity index (χ0n) is 11.2. The van der Waals surface area contributed by atoms with Crippen LogP contribution >= 0.6 is 11.6 Å². The van der Waals surface area contributed by atoms with Crippen LogP contribution in [-0.2, 0) is 11.3 Å². The summed E-state index contributed by atoms with van der Waals surface area (Å²) in [6, 6.07) is 7.15. The van der Waals surface area contributed by atoms with Crippen LogP contribution in [0.5, 0.6) is 0 Å². The molecule has 1 spiro atoms. The molecule has 0 radical (unpaired) electrons. The van der Waals surface area contributed by atoms with E-state index in [-0.39, 0.29) is 11.9 Å². The predicted octanol–water partition coefficient (Wildman–Crippen LogP) is 3.09. The molecule has 1 saturated heterocycles. The van der Waals surface area contributed by atoms with Crippen molar-refractivity contribution in [2.45, 2.75) is 44.2 Å². The van der Waals surface area contributed by atoms with Crippen LogP contribution < -0.4 is 5.32 Å². The summed E-state index contributed by atoms with van der Waals surface area (Å²) in [5.41, 5.74) is 0.310. The molecule has 0 aromatic heterocycles. The highest BCUT2D eigenvalue weighted by Gasteiger charge is 2.52. The SMILES string of the molecule is O=C1NC(=O)C2(CCCCC2)N1Cc1cccc(Cl)c1. The molecule has 1 heterocycles. The third-order valence-corrected chi connectivity index (χ3v) is 4.55. The molecule has 1 saturated carbocycles. The maximum Gasteiger partial charge on any atom is 0.325 e. The van der Waals surface area contributed by atoms with Crippen molar-refractivity contribution < 1.29 is 9.59 Å². The van der Waals surface area contributed by atoms with Gasteiger partial charge in [0.05, 0.1) is 0 Å². The van der Waals surface area contributed by atoms with E-state index in [0.717, 1.165) is 37.7 Å². The van der Waals surface area contributed by atoms with Crippen LogP contribution in [0.4, 0.5) is 4.79 Å². The van der Waals surface area contributed by atoms with E-state index in [1.807, 2.05) is 18.2 Å². The summed E-state index contributed by atoms with van der Waals surface area (Å²) in [5, 5.41) is 3.12. The summed E-state index contributed by atoms with van der Waals surface area (Å²) in [7, 11) is 0. The van der Waals surface area contributed by atoms with E-state index in [9.17, 15) is 9.59 Å². The Bertz CT molecular complexity index is 553. The van der Waals surface area contributed by atoms with Gasteiger partial charge in [-0.2, -0.15) is 0 Å². The molecule has 1 N–H and O–H groups in total. The third-order valence-electron chi connectivity index (χ3n) is 4.32. The number of nitrogens with zero attached hydrogens (tertiary/aromatic N) is 1. The standard InChI is InChI=1S/C15H17ClN2O2/c16-12-6-4-5-11(9-12)10-18-14(20)17-13(19)15(18)7-2-1-3-8-15/h4-6,9H,1-3,7-8,10H2,(H,17,19,20). The van der Waals surface area contributed by atoms with Gasteiger partial charge in [0.1, 0.15) is 5.54 Å². The lowest BCUT2D eigenvalue weighted by Gasteiger charge is -2.38. The van der Waals surface area contributed by atoms with Crippen molar-refractivity contribution in [3.63, 3.8) is 0 Å². The number of nitrogens with one attached hydrogen (secondary N) is 1. The van der Waals surface area contributed by atoms with E-state index in [0.29, 0.717) is 11.6 Å². The first-order valence-electron chi connectivity index (χ1n) is 6.99. The van der Waals surface area contributed by atoms with E-state index in [4.69, 9.17) is 11.6 Å². The van der Waals surface area contributed by atoms with Gasteiger partial charge in [0.25, 0.3) is 5.91 Å². The number of imide groups is 1. The van der Waals surface area contributed by atoms with Crippen LogP contribution in [0.1, 0.15) is 37.7 Å². The number of carbonyl (C=O) groups excluding carboxylic acids is 2. The number of hydrogen-bond acceptors (Lipinski definition) is 2. The molecule has 20 heavy (non-hydrogen) atoms. The fourth-order valence-electron chi connectivity index (χ4n) is 3.27. The van der Waals surface area contributed by atoms with Gasteiger partial charge in [-0.05, 0) is 30.5 Å². The summed E-state index contributed by atoms with van der Waals surface area (Å²) in [4.78, 5) is 26.0. The average molecular weight is 293 g/mol. The Morgan fingerprint density at radius 3 is 2.65 bits per heavy atom. The number of amides is 3. The highest BCUT2D eigenvalue weighted by molar-refractivity contribution is 6.30. The van der Waals surface area contributed by atoms with Gasteiger partial charge in [0.2, 0.25) is 0 Å². The first kappa shape index (κ1) is 13.4. The van der Waals surface area contributed by atoms with Gasteiger partial charge in [0.15, 0.2) is 0 Å². The minimum absolute atomic E-state index is 0.135. The van der Waals surface area contributed by atoms with Crippen molar-refractivity contribution in [3.05, 3.63) is 34.9 Å². The van der Waals surface area contributed by atoms with Crippen molar-refractivity contribution in [2.24, 2.45) is 0 Å². The van der Waals surface area contributed by atoms with Gasteiger partial charge >= 0.3 is 6.03 Å². The molecule has 0 unspecified atom stereocenters. The van der Waals surface area contributed by atoms with Gasteiger partial charge in [-0.3, -0.25) is 10.1 Å². The Morgan fingerprint density at radius 1 is 1.20 bits per heavy atom. The van der Waals surface area contributed by atoms with Crippen LogP contribution in [0.2, 0.25) is 5.02 Å². The molecule has 2 aliphatic rings. The summed E-state index contributed by atoms with van der Waals surface area (Å²) < 4.78 is 0. The smallest absolute Gasteiger partial charge is 0.305 e. The van der Waals surface area contributed by atoms with Crippen molar-refractivity contribution in [2.75, 3.05) is 0 Å². The summed E-state index contributed by atoms with van der Waals surface area (Å²) in [5.74, 6) is -0.135. The van der Waals surface area contributed by atoms with E-state index in [1.165, 1.54) is 0 Å². The molecule has 0 atom stereocenters. The number of carbonyl (C=O) groups is 2. The van der Waals surface area contributed by atoms with Crippen LogP contribution in [0.25, 0.3) is 0 Å². The maximum absolute atomic E-state index is 12.2. The highest BCUT2D eigenvalue weighted by Crippen LogP contribution is 2.38. The molecule has 5 heteroatoms. The Kier molecular flexibility index (Phi) is 3.42. The molecule has 3 amide bonds. The molecule has 2 fully saturated rings. The Morgan fingerprint density at radius 2 is 1.95 bits per heavy atom. The zero-order valence-corrected chi connectivity index (χ0v) is 11.9. The van der Waals surface area contributed by atoms with Crippen molar-refractivity contribution in [1.29, 1.82) is 0 Å². The van der Waals surface area contributed by atoms with Gasteiger partial charge < -0.3 is 4.90 Å². The van der Waals surface area contributed by atoms with Crippen LogP contribution in [-0.4, -0.2) is 22.4 Å². The van der Waals surface area contributed by atoms with Crippen LogP contribution in [0.3, 0.4) is 0 Å². The second-order valence-corrected chi connectivity index (χ2v) is 6.00. The largest absolute Gasteiger partial charge is 0.325 e. The minimum atomic E-state index is -0.641. The molecule has 4 nitrogen and oxygen atoms in total. The van der Waals surface area contributed by atoms with E-state index in [1.54, 1.807) is 11.0 Å². The Labute approximate surface area is 123 Å². The second-order valence-electron chi connectivity index (χ2n) is 5.57. The molecule has 1 aliphatic heterocycles. The lowest BCUT2D eigenvalue weighted by Crippen LogP contribution is -2.50.